The summed E-state index contributed by atoms with van der Waals surface area (Å²) in [5.74, 6) is -2.55. The molecule has 0 spiro atoms. The van der Waals surface area contributed by atoms with Gasteiger partial charge in [0, 0.05) is 7.11 Å². The summed E-state index contributed by atoms with van der Waals surface area (Å²) in [4.78, 5) is 258. The summed E-state index contributed by atoms with van der Waals surface area (Å²) < 4.78 is 168. The van der Waals surface area contributed by atoms with Crippen LogP contribution in [-0.4, -0.2) is 222 Å². The van der Waals surface area contributed by atoms with Crippen molar-refractivity contribution in [1.82, 2.24) is 0 Å². The summed E-state index contributed by atoms with van der Waals surface area (Å²) in [6, 6.07) is 0. The molecule has 54 heteroatoms. The first kappa shape index (κ1) is 88.5. The van der Waals surface area contributed by atoms with E-state index in [-0.39, 0.29) is 31.6 Å². The lowest BCUT2D eigenvalue weighted by Crippen LogP contribution is -2.32. The number of esters is 1. The fourth-order valence-corrected chi connectivity index (χ4v) is 25.3. The van der Waals surface area contributed by atoms with E-state index in [9.17, 15) is 177 Å². The molecular formula is C33H76O40P12S2. The van der Waals surface area contributed by atoms with Crippen molar-refractivity contribution in [3.8, 4) is 0 Å². The lowest BCUT2D eigenvalue weighted by molar-refractivity contribution is -0.149. The third-order valence-electron chi connectivity index (χ3n) is 13.6. The predicted octanol–water partition coefficient (Wildman–Crippen LogP) is 1.06. The molecule has 0 aliphatic heterocycles. The van der Waals surface area contributed by atoms with Crippen LogP contribution in [0.4, 0.5) is 0 Å². The highest BCUT2D eigenvalue weighted by Gasteiger charge is 2.52. The van der Waals surface area contributed by atoms with Gasteiger partial charge in [-0.1, -0.05) is 18.7 Å². The molecule has 0 saturated heterocycles. The predicted molar refractivity (Wildman–Crippen MR) is 309 cm³/mol. The molecule has 0 fully saturated rings. The number of hydrogen-bond donors (Lipinski definition) is 24. The lowest BCUT2D eigenvalue weighted by atomic mass is 9.99. The molecule has 87 heavy (non-hydrogen) atoms. The second kappa shape index (κ2) is 34.6. The Labute approximate surface area is 505 Å². The van der Waals surface area contributed by atoms with Crippen molar-refractivity contribution in [2.24, 2.45) is 5.92 Å². The molecule has 0 aromatic carbocycles. The Balaban J connectivity index is 7.63. The van der Waals surface area contributed by atoms with Gasteiger partial charge in [0.05, 0.1) is 81.4 Å². The maximum atomic E-state index is 13.1. The van der Waals surface area contributed by atoms with Crippen molar-refractivity contribution in [2.75, 3.05) is 26.9 Å². The molecule has 13 atom stereocenters. The third kappa shape index (κ3) is 33.8. The van der Waals surface area contributed by atoms with Gasteiger partial charge in [-0.2, -0.15) is 0 Å². The van der Waals surface area contributed by atoms with Crippen LogP contribution >= 0.6 is 115 Å². The van der Waals surface area contributed by atoms with E-state index in [2.05, 4.69) is 0 Å². The maximum absolute atomic E-state index is 13.1. The molecule has 0 aromatic rings. The van der Waals surface area contributed by atoms with E-state index in [1.165, 1.54) is 14.0 Å². The number of carbonyl (C=O) groups is 1. The van der Waals surface area contributed by atoms with Crippen molar-refractivity contribution in [2.45, 2.75) is 158 Å². The summed E-state index contributed by atoms with van der Waals surface area (Å²) in [6.07, 6.45) is -19.6. The molecular weight excluding hydrogens is 1470 g/mol. The third-order valence-corrected chi connectivity index (χ3v) is 32.0. The zero-order chi connectivity index (χ0) is 69.1. The van der Waals surface area contributed by atoms with Gasteiger partial charge in [-0.05, 0) is 96.2 Å². The first-order valence-electron chi connectivity index (χ1n) is 24.5. The quantitative estimate of drug-likeness (QED) is 0.0176. The molecule has 13 unspecified atom stereocenters. The Morgan fingerprint density at radius 3 is 0.701 bits per heavy atom. The van der Waals surface area contributed by atoms with Gasteiger partial charge in [0.25, 0.3) is 0 Å². The average Bonchev–Trinajstić information content (AvgIpc) is 2.56. The van der Waals surface area contributed by atoms with Gasteiger partial charge in [-0.25, -0.2) is 0 Å². The molecule has 0 amide bonds. The lowest BCUT2D eigenvalue weighted by Gasteiger charge is -2.34. The van der Waals surface area contributed by atoms with Gasteiger partial charge in [-0.3, -0.25) is 59.6 Å². The van der Waals surface area contributed by atoms with Gasteiger partial charge in [0.1, 0.15) is 11.6 Å². The Bertz CT molecular complexity index is 2860. The van der Waals surface area contributed by atoms with Crippen LogP contribution in [0.15, 0.2) is 0 Å². The molecule has 0 radical (unpaired) electrons. The van der Waals surface area contributed by atoms with Crippen LogP contribution in [0, 0.1) is 5.92 Å². The van der Waals surface area contributed by atoms with Crippen LogP contribution in [-0.2, 0) is 73.8 Å². The molecule has 520 valence electrons. The van der Waals surface area contributed by atoms with E-state index in [1.807, 2.05) is 0 Å². The topological polar surface area (TPSA) is 735 Å². The van der Waals surface area contributed by atoms with Crippen molar-refractivity contribution >= 4 is 125 Å². The average molecular weight is 1550 g/mol. The molecule has 0 heterocycles. The number of thioether (sulfide) groups is 1. The smallest absolute Gasteiger partial charge is 0.338 e. The maximum Gasteiger partial charge on any atom is 0.338 e. The van der Waals surface area contributed by atoms with Crippen molar-refractivity contribution < 1.29 is 191 Å². The Morgan fingerprint density at radius 2 is 0.529 bits per heavy atom. The molecule has 0 saturated carbocycles. The normalized spacial score (nSPS) is 18.9. The van der Waals surface area contributed by atoms with Gasteiger partial charge in [0.15, 0.2) is 0 Å². The zero-order valence-electron chi connectivity index (χ0n) is 45.6. The monoisotopic (exact) mass is 1550 g/mol. The number of thiocarbonyl (C=S) groups is 1. The number of methoxy groups -OCH3 is 1. The summed E-state index contributed by atoms with van der Waals surface area (Å²) in [7, 11) is -70.5. The van der Waals surface area contributed by atoms with E-state index in [0.29, 0.717) is 0 Å². The molecule has 24 N–H and O–H groups in total. The number of ether oxygens (including phenoxy) is 3. The zero-order valence-corrected chi connectivity index (χ0v) is 57.9. The van der Waals surface area contributed by atoms with Crippen LogP contribution < -0.4 is 0 Å². The molecule has 0 bridgehead atoms. The van der Waals surface area contributed by atoms with E-state index in [0.717, 1.165) is 6.92 Å². The highest BCUT2D eigenvalue weighted by Crippen LogP contribution is 2.65. The second-order valence-electron chi connectivity index (χ2n) is 20.4. The van der Waals surface area contributed by atoms with Crippen molar-refractivity contribution in [3.05, 3.63) is 0 Å². The summed E-state index contributed by atoms with van der Waals surface area (Å²) >= 11 is 4.86. The number of hydrogen-bond acceptors (Lipinski definition) is 18. The first-order valence-corrected chi connectivity index (χ1v) is 46.0. The molecule has 0 aliphatic rings. The van der Waals surface area contributed by atoms with Crippen molar-refractivity contribution in [3.63, 3.8) is 0 Å². The van der Waals surface area contributed by atoms with E-state index >= 15 is 0 Å². The van der Waals surface area contributed by atoms with Gasteiger partial charge in [0.2, 0.25) is 4.38 Å². The summed E-state index contributed by atoms with van der Waals surface area (Å²) in [6.45, 7) is 1.73. The minimum Gasteiger partial charge on any atom is -0.479 e. The highest BCUT2D eigenvalue weighted by atomic mass is 32.2. The standard InChI is InChI=1S/C33H76O40P12S2/c1-4-72-33(86)87-31(85(68,69)70)18-30(84(65,66)67)17-29(83(62,63)64)16-28(82(59,60)61)15-27(81(56,57)58)14-26(80(53,54)55)13-25(79(50,51)52)12-24(78(47,48)49)11-23(77(44,45)46)10-22(76(41,42)43)9-21(75(38,39)40)8-20(74(35,36)37)7-19(2)32(34)73-6-5-71-3/h19-31H,4-18H2,1-3H3,(H2,35,36,37)(H2,38,39,40)(H2,41,42,43)(H2,44,45,46)(H2,47,48,49)(H2,50,51,52)(H2,53,54,55)(H2,56,57,58)(H2,59,60,61)(H2,62,63,64)(H2,65,66,67)(H2,68,69,70). The van der Waals surface area contributed by atoms with Crippen LogP contribution in [0.25, 0.3) is 0 Å². The van der Waals surface area contributed by atoms with Crippen LogP contribution in [0.5, 0.6) is 0 Å². The fourth-order valence-electron chi connectivity index (χ4n) is 8.84. The summed E-state index contributed by atoms with van der Waals surface area (Å²) in [5.41, 5.74) is -30.2. The largest absolute Gasteiger partial charge is 0.479 e. The van der Waals surface area contributed by atoms with E-state index in [4.69, 9.17) is 26.4 Å². The van der Waals surface area contributed by atoms with Crippen LogP contribution in [0.3, 0.4) is 0 Å². The second-order valence-corrected chi connectivity index (χ2v) is 45.4. The van der Waals surface area contributed by atoms with E-state index in [1.54, 1.807) is 0 Å². The molecule has 0 rings (SSSR count). The molecule has 0 aliphatic carbocycles. The number of carbonyl (C=O) groups excluding carboxylic acids is 1. The van der Waals surface area contributed by atoms with Gasteiger partial charge < -0.3 is 132 Å². The first-order chi connectivity index (χ1) is 38.4. The summed E-state index contributed by atoms with van der Waals surface area (Å²) in [5, 5.41) is 0. The minimum absolute atomic E-state index is 0.0520. The Morgan fingerprint density at radius 1 is 0.333 bits per heavy atom. The van der Waals surface area contributed by atoms with E-state index < -0.39 is 252 Å². The van der Waals surface area contributed by atoms with Crippen LogP contribution in [0.2, 0.25) is 0 Å². The number of rotatable bonds is 42. The molecule has 40 nitrogen and oxygen atoms in total. The SMILES string of the molecule is CCOC(=S)SC(CC(CC(CC(CC(CC(CC(CC(CC(CC(CC(CC(CC(C)C(=O)OCCOC)P(=O)(O)O)P(=O)(O)O)P(=O)(O)O)P(=O)(O)O)P(=O)(O)O)P(=O)(O)O)P(=O)(O)O)P(=O)(O)O)P(=O)(O)O)P(=O)(O)O)P(=O)(O)O)P(=O)(O)O. The minimum atomic E-state index is -6.21. The fraction of sp³-hybridized carbons (Fsp3) is 0.939. The molecule has 0 aromatic heterocycles. The van der Waals surface area contributed by atoms with Crippen molar-refractivity contribution in [1.29, 1.82) is 0 Å². The van der Waals surface area contributed by atoms with Crippen LogP contribution in [0.1, 0.15) is 90.9 Å². The van der Waals surface area contributed by atoms with Gasteiger partial charge >= 0.3 is 97.1 Å². The Hall–Kier alpha value is 1.47. The highest BCUT2D eigenvalue weighted by molar-refractivity contribution is 8.25. The van der Waals surface area contributed by atoms with Gasteiger partial charge in [-0.15, -0.1) is 0 Å². The Kier molecular flexibility index (Phi) is 35.2.